The lowest BCUT2D eigenvalue weighted by molar-refractivity contribution is -0.372. The molecule has 0 aliphatic carbocycles. The molecule has 3 aromatic rings. The van der Waals surface area contributed by atoms with Crippen LogP contribution in [0, 0.1) is 12.8 Å². The zero-order chi connectivity index (χ0) is 72.4. The number of nitrogens with zero attached hydrogens (tertiary/aromatic N) is 6. The summed E-state index contributed by atoms with van der Waals surface area (Å²) in [5.74, 6) is -8.27. The number of aromatic nitrogens is 5. The second kappa shape index (κ2) is 36.7. The van der Waals surface area contributed by atoms with Crippen molar-refractivity contribution in [1.82, 2.24) is 56.8 Å². The van der Waals surface area contributed by atoms with E-state index in [1.165, 1.54) is 50.8 Å². The molecule has 0 spiro atoms. The predicted molar refractivity (Wildman–Crippen MR) is 342 cm³/mol. The number of unbranched alkanes of at least 4 members (excludes halogenated alkanes) is 1. The average molecular weight is 1430 g/mol. The van der Waals surface area contributed by atoms with Gasteiger partial charge in [0.05, 0.1) is 72.7 Å². The van der Waals surface area contributed by atoms with Gasteiger partial charge in [-0.15, -0.1) is 23.1 Å². The maximum atomic E-state index is 15.2. The highest BCUT2D eigenvalue weighted by Crippen LogP contribution is 2.35. The molecule has 8 amide bonds. The van der Waals surface area contributed by atoms with Crippen LogP contribution < -0.4 is 72.0 Å². The highest BCUT2D eigenvalue weighted by Gasteiger charge is 2.54. The third-order valence-corrected chi connectivity index (χ3v) is 17.6. The lowest BCUT2D eigenvalue weighted by Gasteiger charge is -2.47. The summed E-state index contributed by atoms with van der Waals surface area (Å²) in [6.45, 7) is 3.47. The monoisotopic (exact) mass is 1430 g/mol. The average Bonchev–Trinajstić information content (AvgIpc) is 0.925. The van der Waals surface area contributed by atoms with E-state index in [0.29, 0.717) is 47.4 Å². The van der Waals surface area contributed by atoms with Gasteiger partial charge in [-0.25, -0.2) is 24.7 Å². The summed E-state index contributed by atoms with van der Waals surface area (Å²) in [5.41, 5.74) is 38.5. The van der Waals surface area contributed by atoms with E-state index in [1.807, 2.05) is 0 Å². The Kier molecular flexibility index (Phi) is 29.6. The van der Waals surface area contributed by atoms with Crippen molar-refractivity contribution in [2.24, 2.45) is 50.3 Å². The summed E-state index contributed by atoms with van der Waals surface area (Å²) in [5, 5.41) is 107. The number of thioether (sulfide) groups is 1. The molecule has 3 aliphatic rings. The van der Waals surface area contributed by atoms with Crippen LogP contribution in [-0.4, -0.2) is 273 Å². The molecular formula is C55H86N20O21S2. The van der Waals surface area contributed by atoms with Gasteiger partial charge in [0.1, 0.15) is 95.0 Å². The molecule has 43 heteroatoms. The first kappa shape index (κ1) is 79.0. The number of hydrogen-bond donors (Lipinski definition) is 22. The van der Waals surface area contributed by atoms with Crippen LogP contribution in [0.2, 0.25) is 0 Å². The van der Waals surface area contributed by atoms with Crippen molar-refractivity contribution in [2.45, 2.75) is 169 Å². The molecule has 6 heterocycles. The Morgan fingerprint density at radius 2 is 1.51 bits per heavy atom. The number of carbonyl (C=O) groups is 8. The zero-order valence-electron chi connectivity index (χ0n) is 53.5. The molecule has 0 radical (unpaired) electrons. The predicted octanol–water partition coefficient (Wildman–Crippen LogP) is -9.79. The van der Waals surface area contributed by atoms with Crippen LogP contribution in [0.3, 0.4) is 0 Å². The lowest BCUT2D eigenvalue weighted by Crippen LogP contribution is -2.65. The molecule has 0 saturated carbocycles. The van der Waals surface area contributed by atoms with Crippen molar-refractivity contribution in [3.8, 4) is 0 Å². The van der Waals surface area contributed by atoms with E-state index in [4.69, 9.17) is 63.8 Å². The maximum Gasteiger partial charge on any atom is 0.404 e. The fraction of sp³-hybridized carbons (Fsp3) is 0.636. The second-order valence-electron chi connectivity index (χ2n) is 23.0. The van der Waals surface area contributed by atoms with Crippen molar-refractivity contribution in [3.05, 3.63) is 51.4 Å². The first-order chi connectivity index (χ1) is 46.3. The molecule has 0 unspecified atom stereocenters. The first-order valence-corrected chi connectivity index (χ1v) is 32.5. The number of aromatic amines is 1. The fourth-order valence-corrected chi connectivity index (χ4v) is 11.9. The van der Waals surface area contributed by atoms with Gasteiger partial charge in [-0.1, -0.05) is 6.92 Å². The van der Waals surface area contributed by atoms with Gasteiger partial charge in [-0.2, -0.15) is 0 Å². The van der Waals surface area contributed by atoms with Gasteiger partial charge < -0.3 is 142 Å². The minimum Gasteiger partial charge on any atom is -0.441 e. The zero-order valence-corrected chi connectivity index (χ0v) is 55.1. The number of nitrogens with one attached hydrogen (secondary N) is 7. The summed E-state index contributed by atoms with van der Waals surface area (Å²) in [4.78, 5) is 135. The van der Waals surface area contributed by atoms with Crippen LogP contribution >= 0.6 is 23.1 Å². The summed E-state index contributed by atoms with van der Waals surface area (Å²) in [7, 11) is 0. The quantitative estimate of drug-likeness (QED) is 0.0146. The molecule has 3 aliphatic heterocycles. The van der Waals surface area contributed by atoms with Gasteiger partial charge in [0.15, 0.2) is 24.6 Å². The Labute approximate surface area is 566 Å². The number of aliphatic hydroxyl groups is 8. The molecule has 2 saturated heterocycles. The number of H-pyrrole nitrogens is 1. The Morgan fingerprint density at radius 1 is 0.816 bits per heavy atom. The Bertz CT molecular complexity index is 3280. The molecule has 41 nitrogen and oxygen atoms in total. The van der Waals surface area contributed by atoms with E-state index in [-0.39, 0.29) is 54.3 Å². The van der Waals surface area contributed by atoms with Gasteiger partial charge in [-0.05, 0) is 33.6 Å². The summed E-state index contributed by atoms with van der Waals surface area (Å²) in [6.07, 6.45) is -23.8. The van der Waals surface area contributed by atoms with Gasteiger partial charge in [-0.3, -0.25) is 43.5 Å². The molecule has 6 rings (SSSR count). The molecule has 98 heavy (non-hydrogen) atoms. The Morgan fingerprint density at radius 3 is 2.14 bits per heavy atom. The van der Waals surface area contributed by atoms with E-state index in [9.17, 15) is 74.4 Å². The number of thiazole rings is 1. The standard InChI is InChI=1S/C55H86N20O21S2/c1-19-32(72-45(75-43(19)58)24(11-30(57)79)67-12-23(56)44(59)85)49(89)74-34(40(25-13-63-18-68-25)94-53-42(38(83)36(81)28(14-76)93-53)95-52-39(84)41(96-55(62)91)37(82)29(15-77)92-52)50(90)69-21(3)35(80)20(2)46(86)73-33(22(4)78)48(88)65-10-7-31-70-27(17-97-31)51-71-26(16-98-51)47(87)64-8-5-6-9-66-54(60)61/h13,17-18,20-24,26,28-29,33-42,52-53,67,76-78,80-84H,5-12,14-16,56H2,1-4H3,(H2,57,79)(H2,59,85)(H2,62,91)(H,63,68)(H,64,87)(H,65,88)(H,69,90)(H,73,86)(H,74,89)(H2,58,72,75)(H4,60,61,66)/t20-,21+,22+,23-,24-,26-,28-,29+,33-,34-,35-,36+,37+,38-,39-,40-,41-,42-,52+,53-/m0/s1. The van der Waals surface area contributed by atoms with E-state index in [1.54, 1.807) is 5.38 Å². The van der Waals surface area contributed by atoms with Gasteiger partial charge >= 0.3 is 6.09 Å². The smallest absolute Gasteiger partial charge is 0.404 e. The number of rotatable bonds is 36. The Balaban J connectivity index is 1.24. The van der Waals surface area contributed by atoms with Crippen LogP contribution in [-0.2, 0) is 58.9 Å². The van der Waals surface area contributed by atoms with Crippen LogP contribution in [0.1, 0.15) is 90.5 Å². The summed E-state index contributed by atoms with van der Waals surface area (Å²) >= 11 is 2.64. The number of ether oxygens (including phenoxy) is 5. The van der Waals surface area contributed by atoms with E-state index in [2.05, 4.69) is 66.8 Å². The second-order valence-corrected chi connectivity index (χ2v) is 25.0. The third kappa shape index (κ3) is 21.3. The molecule has 20 atom stereocenters. The number of imidazole rings is 1. The maximum absolute atomic E-state index is 15.2. The van der Waals surface area contributed by atoms with Crippen molar-refractivity contribution >= 4 is 87.4 Å². The molecule has 3 aromatic heterocycles. The van der Waals surface area contributed by atoms with Crippen LogP contribution in [0.25, 0.3) is 0 Å². The van der Waals surface area contributed by atoms with Crippen molar-refractivity contribution < 1.29 is 103 Å². The largest absolute Gasteiger partial charge is 0.441 e. The first-order valence-electron chi connectivity index (χ1n) is 30.6. The topological polar surface area (TPSA) is 691 Å². The number of aliphatic hydroxyl groups excluding tert-OH is 8. The lowest BCUT2D eigenvalue weighted by atomic mass is 9.96. The number of primary amides is 3. The minimum absolute atomic E-state index is 0.00843. The van der Waals surface area contributed by atoms with E-state index < -0.39 is 189 Å². The van der Waals surface area contributed by atoms with E-state index >= 15 is 4.79 Å². The number of nitrogen functional groups attached to an aromatic ring is 1. The molecule has 0 bridgehead atoms. The fourth-order valence-electron chi connectivity index (χ4n) is 10.1. The van der Waals surface area contributed by atoms with Crippen LogP contribution in [0.4, 0.5) is 10.6 Å². The van der Waals surface area contributed by atoms with Gasteiger partial charge in [0, 0.05) is 55.7 Å². The summed E-state index contributed by atoms with van der Waals surface area (Å²) in [6, 6.07) is -8.50. The number of amides is 8. The highest BCUT2D eigenvalue weighted by molar-refractivity contribution is 8.14. The van der Waals surface area contributed by atoms with Gasteiger partial charge in [0.25, 0.3) is 5.91 Å². The summed E-state index contributed by atoms with van der Waals surface area (Å²) < 4.78 is 28.7. The van der Waals surface area contributed by atoms with Crippen LogP contribution in [0.15, 0.2) is 27.9 Å². The highest BCUT2D eigenvalue weighted by atomic mass is 32.2. The third-order valence-electron chi connectivity index (χ3n) is 15.7. The van der Waals surface area contributed by atoms with Gasteiger partial charge in [0.2, 0.25) is 35.4 Å². The minimum atomic E-state index is -2.20. The number of hydrogen-bond acceptors (Lipinski definition) is 32. The van der Waals surface area contributed by atoms with Crippen LogP contribution in [0.5, 0.6) is 0 Å². The molecule has 0 aromatic carbocycles. The molecule has 2 fully saturated rings. The number of carbonyl (C=O) groups excluding carboxylic acids is 8. The number of aliphatic imine (C=N–C) groups is 2. The molecule has 29 N–H and O–H groups in total. The normalized spacial score (nSPS) is 25.1. The molecular weight excluding hydrogens is 1340 g/mol. The number of anilines is 1. The SMILES string of the molecule is Cc1c(N)nc([C@H](CC(N)=O)NC[C@H](N)C(N)=O)nc1C(=O)N[C@H](C(=O)N[C@H](C)[C@@H](O)[C@H](C)C(=O)N[C@H](C(=O)NCCc1nc(C2=N[C@H](C(=O)NCCCCN=C(N)N)CS2)cs1)[C@@H](C)O)[C@@H](O[C@@H]1O[C@@H](CO)[C@@H](O)[C@H](O)[C@@H]1O[C@H]1O[C@H](CO)[C@@H](O)[C@H](OC(N)=O)[C@@H]1O)c1cnc[nH]1. The van der Waals surface area contributed by atoms with Crippen molar-refractivity contribution in [1.29, 1.82) is 0 Å². The number of nitrogens with two attached hydrogens (primary N) is 7. The Hall–Kier alpha value is -7.99. The van der Waals surface area contributed by atoms with E-state index in [0.717, 1.165) is 12.5 Å². The van der Waals surface area contributed by atoms with Crippen molar-refractivity contribution in [2.75, 3.05) is 50.9 Å². The number of guanidine groups is 1. The molecule has 544 valence electrons. The van der Waals surface area contributed by atoms with Crippen molar-refractivity contribution in [3.63, 3.8) is 0 Å².